The molecule has 3 rings (SSSR count). The van der Waals surface area contributed by atoms with E-state index in [4.69, 9.17) is 0 Å². The predicted octanol–water partition coefficient (Wildman–Crippen LogP) is 2.22. The molecule has 0 saturated carbocycles. The largest absolute Gasteiger partial charge is 0.352 e. The number of carbonyl (C=O) groups is 2. The molecule has 1 saturated heterocycles. The van der Waals surface area contributed by atoms with E-state index in [9.17, 15) is 9.59 Å². The summed E-state index contributed by atoms with van der Waals surface area (Å²) in [5, 5.41) is 9.54. The van der Waals surface area contributed by atoms with Gasteiger partial charge in [-0.25, -0.2) is 0 Å². The molecule has 1 aromatic heterocycles. The van der Waals surface area contributed by atoms with E-state index in [1.165, 1.54) is 0 Å². The average Bonchev–Trinajstić information content (AvgIpc) is 3.17. The number of amides is 2. The second kappa shape index (κ2) is 7.77. The Morgan fingerprint density at radius 3 is 2.79 bits per heavy atom. The quantitative estimate of drug-likeness (QED) is 0.884. The molecular formula is C18H22N4O2. The molecule has 6 heteroatoms. The molecule has 1 aromatic carbocycles. The van der Waals surface area contributed by atoms with Crippen LogP contribution in [-0.4, -0.2) is 46.0 Å². The standard InChI is InChI=1S/C18H22N4O2/c23-17(14-6-2-1-3-7-14)19-11-9-15-8-4-5-13-22(15)18(24)16-10-12-20-21-16/h1-3,6-7,10,12,15H,4-5,8-9,11,13H2,(H,19,23)(H,20,21)/t15-/m0/s1. The summed E-state index contributed by atoms with van der Waals surface area (Å²) in [7, 11) is 0. The molecule has 0 bridgehead atoms. The summed E-state index contributed by atoms with van der Waals surface area (Å²) in [5.41, 5.74) is 1.18. The van der Waals surface area contributed by atoms with Crippen LogP contribution in [0.5, 0.6) is 0 Å². The third-order valence-electron chi connectivity index (χ3n) is 4.42. The number of aromatic nitrogens is 2. The molecule has 0 radical (unpaired) electrons. The summed E-state index contributed by atoms with van der Waals surface area (Å²) in [4.78, 5) is 26.5. The number of likely N-dealkylation sites (tertiary alicyclic amines) is 1. The Kier molecular flexibility index (Phi) is 5.25. The van der Waals surface area contributed by atoms with E-state index >= 15 is 0 Å². The molecule has 2 N–H and O–H groups in total. The summed E-state index contributed by atoms with van der Waals surface area (Å²) in [6.45, 7) is 1.32. The molecule has 1 aliphatic heterocycles. The zero-order valence-corrected chi connectivity index (χ0v) is 13.6. The normalized spacial score (nSPS) is 17.5. The molecule has 6 nitrogen and oxygen atoms in total. The highest BCUT2D eigenvalue weighted by Crippen LogP contribution is 2.21. The van der Waals surface area contributed by atoms with Gasteiger partial charge in [0.15, 0.2) is 0 Å². The maximum Gasteiger partial charge on any atom is 0.272 e. The lowest BCUT2D eigenvalue weighted by atomic mass is 9.98. The fourth-order valence-electron chi connectivity index (χ4n) is 3.14. The van der Waals surface area contributed by atoms with Crippen LogP contribution in [0.4, 0.5) is 0 Å². The summed E-state index contributed by atoms with van der Waals surface area (Å²) in [6.07, 6.45) is 5.46. The van der Waals surface area contributed by atoms with Gasteiger partial charge in [-0.1, -0.05) is 18.2 Å². The van der Waals surface area contributed by atoms with Crippen molar-refractivity contribution in [3.8, 4) is 0 Å². The highest BCUT2D eigenvalue weighted by atomic mass is 16.2. The summed E-state index contributed by atoms with van der Waals surface area (Å²) >= 11 is 0. The monoisotopic (exact) mass is 326 g/mol. The lowest BCUT2D eigenvalue weighted by molar-refractivity contribution is 0.0595. The van der Waals surface area contributed by atoms with E-state index in [2.05, 4.69) is 15.5 Å². The van der Waals surface area contributed by atoms with Gasteiger partial charge in [0.1, 0.15) is 5.69 Å². The minimum Gasteiger partial charge on any atom is -0.352 e. The van der Waals surface area contributed by atoms with Crippen LogP contribution in [0.25, 0.3) is 0 Å². The van der Waals surface area contributed by atoms with E-state index in [0.717, 1.165) is 32.2 Å². The minimum absolute atomic E-state index is 0.00779. The number of aromatic amines is 1. The zero-order chi connectivity index (χ0) is 16.8. The number of rotatable bonds is 5. The molecule has 0 spiro atoms. The molecule has 24 heavy (non-hydrogen) atoms. The highest BCUT2D eigenvalue weighted by Gasteiger charge is 2.27. The molecule has 0 unspecified atom stereocenters. The number of H-pyrrole nitrogens is 1. The summed E-state index contributed by atoms with van der Waals surface area (Å²) in [5.74, 6) is -0.0792. The minimum atomic E-state index is -0.0714. The van der Waals surface area contributed by atoms with E-state index in [0.29, 0.717) is 17.8 Å². The number of nitrogens with one attached hydrogen (secondary N) is 2. The first-order valence-corrected chi connectivity index (χ1v) is 8.39. The Morgan fingerprint density at radius 2 is 2.04 bits per heavy atom. The molecular weight excluding hydrogens is 304 g/mol. The van der Waals surface area contributed by atoms with Crippen LogP contribution in [-0.2, 0) is 0 Å². The third-order valence-corrected chi connectivity index (χ3v) is 4.42. The number of hydrogen-bond donors (Lipinski definition) is 2. The number of nitrogens with zero attached hydrogens (tertiary/aromatic N) is 2. The fourth-order valence-corrected chi connectivity index (χ4v) is 3.14. The Bertz CT molecular complexity index is 670. The van der Waals surface area contributed by atoms with Gasteiger partial charge in [0, 0.05) is 30.9 Å². The summed E-state index contributed by atoms with van der Waals surface area (Å²) in [6, 6.07) is 11.0. The lowest BCUT2D eigenvalue weighted by Gasteiger charge is -2.35. The first kappa shape index (κ1) is 16.2. The van der Waals surface area contributed by atoms with Crippen molar-refractivity contribution < 1.29 is 9.59 Å². The SMILES string of the molecule is O=C(NCC[C@@H]1CCCCN1C(=O)c1ccn[nH]1)c1ccccc1. The van der Waals surface area contributed by atoms with Crippen molar-refractivity contribution >= 4 is 11.8 Å². The van der Waals surface area contributed by atoms with Gasteiger partial charge in [-0.2, -0.15) is 5.10 Å². The van der Waals surface area contributed by atoms with E-state index in [1.54, 1.807) is 24.4 Å². The summed E-state index contributed by atoms with van der Waals surface area (Å²) < 4.78 is 0. The molecule has 1 fully saturated rings. The van der Waals surface area contributed by atoms with Gasteiger partial charge in [-0.05, 0) is 43.9 Å². The van der Waals surface area contributed by atoms with Crippen molar-refractivity contribution in [3.05, 3.63) is 53.9 Å². The van der Waals surface area contributed by atoms with Crippen LogP contribution in [0.2, 0.25) is 0 Å². The predicted molar refractivity (Wildman–Crippen MR) is 90.7 cm³/mol. The van der Waals surface area contributed by atoms with Gasteiger partial charge in [0.05, 0.1) is 0 Å². The highest BCUT2D eigenvalue weighted by molar-refractivity contribution is 5.94. The van der Waals surface area contributed by atoms with E-state index < -0.39 is 0 Å². The van der Waals surface area contributed by atoms with E-state index in [1.807, 2.05) is 23.1 Å². The third kappa shape index (κ3) is 3.82. The molecule has 1 atom stereocenters. The van der Waals surface area contributed by atoms with Crippen LogP contribution >= 0.6 is 0 Å². The number of benzene rings is 1. The zero-order valence-electron chi connectivity index (χ0n) is 13.6. The molecule has 0 aliphatic carbocycles. The van der Waals surface area contributed by atoms with Gasteiger partial charge >= 0.3 is 0 Å². The topological polar surface area (TPSA) is 78.1 Å². The molecule has 1 aliphatic rings. The molecule has 2 amide bonds. The molecule has 126 valence electrons. The average molecular weight is 326 g/mol. The van der Waals surface area contributed by atoms with Crippen molar-refractivity contribution in [1.29, 1.82) is 0 Å². The first-order valence-electron chi connectivity index (χ1n) is 8.39. The first-order chi connectivity index (χ1) is 11.8. The lowest BCUT2D eigenvalue weighted by Crippen LogP contribution is -2.45. The van der Waals surface area contributed by atoms with Crippen molar-refractivity contribution in [2.24, 2.45) is 0 Å². The number of carbonyl (C=O) groups excluding carboxylic acids is 2. The van der Waals surface area contributed by atoms with Gasteiger partial charge in [-0.15, -0.1) is 0 Å². The van der Waals surface area contributed by atoms with Crippen LogP contribution in [0.15, 0.2) is 42.6 Å². The maximum absolute atomic E-state index is 12.6. The van der Waals surface area contributed by atoms with E-state index in [-0.39, 0.29) is 17.9 Å². The van der Waals surface area contributed by atoms with Crippen LogP contribution in [0, 0.1) is 0 Å². The van der Waals surface area contributed by atoms with Gasteiger partial charge < -0.3 is 10.2 Å². The van der Waals surface area contributed by atoms with Crippen molar-refractivity contribution in [2.75, 3.05) is 13.1 Å². The van der Waals surface area contributed by atoms with Gasteiger partial charge in [0.25, 0.3) is 11.8 Å². The molecule has 2 heterocycles. The van der Waals surface area contributed by atoms with Crippen molar-refractivity contribution in [1.82, 2.24) is 20.4 Å². The smallest absolute Gasteiger partial charge is 0.272 e. The Morgan fingerprint density at radius 1 is 1.21 bits per heavy atom. The maximum atomic E-state index is 12.6. The number of hydrogen-bond acceptors (Lipinski definition) is 3. The second-order valence-electron chi connectivity index (χ2n) is 6.03. The fraction of sp³-hybridized carbons (Fsp3) is 0.389. The Labute approximate surface area is 141 Å². The van der Waals surface area contributed by atoms with Gasteiger partial charge in [0.2, 0.25) is 0 Å². The van der Waals surface area contributed by atoms with Crippen LogP contribution < -0.4 is 5.32 Å². The molecule has 2 aromatic rings. The van der Waals surface area contributed by atoms with Gasteiger partial charge in [-0.3, -0.25) is 14.7 Å². The van der Waals surface area contributed by atoms with Crippen molar-refractivity contribution in [3.63, 3.8) is 0 Å². The van der Waals surface area contributed by atoms with Crippen LogP contribution in [0.3, 0.4) is 0 Å². The number of piperidine rings is 1. The Hall–Kier alpha value is -2.63. The van der Waals surface area contributed by atoms with Crippen molar-refractivity contribution in [2.45, 2.75) is 31.7 Å². The van der Waals surface area contributed by atoms with Crippen LogP contribution in [0.1, 0.15) is 46.5 Å². The Balaban J connectivity index is 1.54. The second-order valence-corrected chi connectivity index (χ2v) is 6.03.